The minimum Gasteiger partial charge on any atom is -0.496 e. The van der Waals surface area contributed by atoms with Crippen molar-refractivity contribution in [1.82, 2.24) is 5.32 Å². The molecule has 0 unspecified atom stereocenters. The molecule has 0 saturated carbocycles. The van der Waals surface area contributed by atoms with Gasteiger partial charge in [0.2, 0.25) is 0 Å². The summed E-state index contributed by atoms with van der Waals surface area (Å²) in [5.41, 5.74) is 2.34. The standard InChI is InChI=1S/C18H23NO2/c1-3-12-21-18-11-7-5-9-16(18)14-19-13-15-8-4-6-10-17(15)20-2/h4-11,19H,3,12-14H2,1-2H3. The van der Waals surface area contributed by atoms with Gasteiger partial charge in [0.05, 0.1) is 13.7 Å². The summed E-state index contributed by atoms with van der Waals surface area (Å²) in [7, 11) is 1.70. The normalized spacial score (nSPS) is 10.4. The molecular weight excluding hydrogens is 262 g/mol. The third kappa shape index (κ3) is 4.50. The Kier molecular flexibility index (Phi) is 6.10. The Hall–Kier alpha value is -2.00. The van der Waals surface area contributed by atoms with Gasteiger partial charge < -0.3 is 14.8 Å². The minimum absolute atomic E-state index is 0.753. The van der Waals surface area contributed by atoms with E-state index in [0.29, 0.717) is 0 Å². The minimum atomic E-state index is 0.753. The first kappa shape index (κ1) is 15.4. The molecule has 0 spiro atoms. The SMILES string of the molecule is CCCOc1ccccc1CNCc1ccccc1OC. The maximum Gasteiger partial charge on any atom is 0.123 e. The zero-order chi connectivity index (χ0) is 14.9. The summed E-state index contributed by atoms with van der Waals surface area (Å²) in [6.07, 6.45) is 1.02. The molecule has 0 saturated heterocycles. The Bertz CT molecular complexity index is 554. The molecule has 2 aromatic carbocycles. The molecule has 2 rings (SSSR count). The van der Waals surface area contributed by atoms with E-state index in [-0.39, 0.29) is 0 Å². The molecule has 2 aromatic rings. The molecule has 0 heterocycles. The van der Waals surface area contributed by atoms with Crippen molar-refractivity contribution >= 4 is 0 Å². The van der Waals surface area contributed by atoms with E-state index in [4.69, 9.17) is 9.47 Å². The van der Waals surface area contributed by atoms with Crippen LogP contribution in [0, 0.1) is 0 Å². The van der Waals surface area contributed by atoms with Crippen molar-refractivity contribution in [2.24, 2.45) is 0 Å². The van der Waals surface area contributed by atoms with Gasteiger partial charge in [-0.25, -0.2) is 0 Å². The van der Waals surface area contributed by atoms with Gasteiger partial charge in [0, 0.05) is 24.2 Å². The van der Waals surface area contributed by atoms with E-state index in [9.17, 15) is 0 Å². The van der Waals surface area contributed by atoms with Crippen molar-refractivity contribution in [3.8, 4) is 11.5 Å². The zero-order valence-corrected chi connectivity index (χ0v) is 12.8. The van der Waals surface area contributed by atoms with Crippen LogP contribution in [-0.2, 0) is 13.1 Å². The summed E-state index contributed by atoms with van der Waals surface area (Å²) < 4.78 is 11.1. The van der Waals surface area contributed by atoms with Gasteiger partial charge in [-0.2, -0.15) is 0 Å². The monoisotopic (exact) mass is 285 g/mol. The smallest absolute Gasteiger partial charge is 0.123 e. The van der Waals surface area contributed by atoms with Crippen LogP contribution >= 0.6 is 0 Å². The van der Waals surface area contributed by atoms with Gasteiger partial charge in [0.15, 0.2) is 0 Å². The van der Waals surface area contributed by atoms with Crippen LogP contribution in [0.3, 0.4) is 0 Å². The lowest BCUT2D eigenvalue weighted by molar-refractivity contribution is 0.313. The highest BCUT2D eigenvalue weighted by atomic mass is 16.5. The molecule has 0 atom stereocenters. The molecule has 112 valence electrons. The Labute approximate surface area is 126 Å². The van der Waals surface area contributed by atoms with Crippen molar-refractivity contribution in [1.29, 1.82) is 0 Å². The highest BCUT2D eigenvalue weighted by Crippen LogP contribution is 2.19. The number of nitrogens with one attached hydrogen (secondary N) is 1. The molecule has 0 amide bonds. The van der Waals surface area contributed by atoms with Gasteiger partial charge in [-0.1, -0.05) is 43.3 Å². The highest BCUT2D eigenvalue weighted by molar-refractivity contribution is 5.35. The van der Waals surface area contributed by atoms with E-state index in [0.717, 1.165) is 43.2 Å². The maximum atomic E-state index is 5.77. The van der Waals surface area contributed by atoms with Crippen molar-refractivity contribution < 1.29 is 9.47 Å². The number of benzene rings is 2. The van der Waals surface area contributed by atoms with E-state index < -0.39 is 0 Å². The zero-order valence-electron chi connectivity index (χ0n) is 12.8. The van der Waals surface area contributed by atoms with Crippen molar-refractivity contribution in [2.45, 2.75) is 26.4 Å². The Balaban J connectivity index is 1.94. The summed E-state index contributed by atoms with van der Waals surface area (Å²) in [6.45, 7) is 4.41. The molecule has 0 radical (unpaired) electrons. The van der Waals surface area contributed by atoms with Crippen molar-refractivity contribution in [3.63, 3.8) is 0 Å². The average molecular weight is 285 g/mol. The van der Waals surface area contributed by atoms with Gasteiger partial charge in [-0.15, -0.1) is 0 Å². The van der Waals surface area contributed by atoms with E-state index in [1.165, 1.54) is 5.56 Å². The van der Waals surface area contributed by atoms with Crippen LogP contribution in [-0.4, -0.2) is 13.7 Å². The number of para-hydroxylation sites is 2. The first-order valence-electron chi connectivity index (χ1n) is 7.38. The molecular formula is C18H23NO2. The third-order valence-electron chi connectivity index (χ3n) is 3.26. The molecule has 1 N–H and O–H groups in total. The lowest BCUT2D eigenvalue weighted by Crippen LogP contribution is -2.14. The van der Waals surface area contributed by atoms with Crippen molar-refractivity contribution in [2.75, 3.05) is 13.7 Å². The third-order valence-corrected chi connectivity index (χ3v) is 3.26. The molecule has 0 bridgehead atoms. The number of hydrogen-bond donors (Lipinski definition) is 1. The first-order valence-corrected chi connectivity index (χ1v) is 7.38. The second-order valence-corrected chi connectivity index (χ2v) is 4.87. The highest BCUT2D eigenvalue weighted by Gasteiger charge is 2.04. The van der Waals surface area contributed by atoms with Crippen LogP contribution < -0.4 is 14.8 Å². The fraction of sp³-hybridized carbons (Fsp3) is 0.333. The first-order chi connectivity index (χ1) is 10.3. The number of hydrogen-bond acceptors (Lipinski definition) is 3. The Morgan fingerprint density at radius 3 is 2.05 bits per heavy atom. The van der Waals surface area contributed by atoms with Gasteiger partial charge in [0.1, 0.15) is 11.5 Å². The van der Waals surface area contributed by atoms with E-state index in [1.807, 2.05) is 36.4 Å². The molecule has 0 aliphatic carbocycles. The average Bonchev–Trinajstić information content (AvgIpc) is 2.54. The van der Waals surface area contributed by atoms with Crippen LogP contribution in [0.1, 0.15) is 24.5 Å². The molecule has 0 aliphatic rings. The van der Waals surface area contributed by atoms with Crippen LogP contribution in [0.15, 0.2) is 48.5 Å². The van der Waals surface area contributed by atoms with Gasteiger partial charge >= 0.3 is 0 Å². The summed E-state index contributed by atoms with van der Waals surface area (Å²) in [5.74, 6) is 1.88. The predicted octanol–water partition coefficient (Wildman–Crippen LogP) is 3.77. The molecule has 21 heavy (non-hydrogen) atoms. The summed E-state index contributed by atoms with van der Waals surface area (Å²) in [4.78, 5) is 0. The van der Waals surface area contributed by atoms with Crippen LogP contribution in [0.5, 0.6) is 11.5 Å². The Morgan fingerprint density at radius 2 is 1.43 bits per heavy atom. The maximum absolute atomic E-state index is 5.77. The molecule has 0 fully saturated rings. The summed E-state index contributed by atoms with van der Waals surface area (Å²) in [5, 5.41) is 3.45. The number of ether oxygens (including phenoxy) is 2. The second-order valence-electron chi connectivity index (χ2n) is 4.87. The molecule has 3 nitrogen and oxygen atoms in total. The summed E-state index contributed by atoms with van der Waals surface area (Å²) in [6, 6.07) is 16.2. The number of methoxy groups -OCH3 is 1. The largest absolute Gasteiger partial charge is 0.496 e. The number of rotatable bonds is 8. The quantitative estimate of drug-likeness (QED) is 0.801. The predicted molar refractivity (Wildman–Crippen MR) is 85.8 cm³/mol. The second kappa shape index (κ2) is 8.32. The molecule has 0 aliphatic heterocycles. The fourth-order valence-electron chi connectivity index (χ4n) is 2.18. The topological polar surface area (TPSA) is 30.5 Å². The lowest BCUT2D eigenvalue weighted by Gasteiger charge is -2.12. The molecule has 3 heteroatoms. The fourth-order valence-corrected chi connectivity index (χ4v) is 2.18. The lowest BCUT2D eigenvalue weighted by atomic mass is 10.1. The van der Waals surface area contributed by atoms with Crippen molar-refractivity contribution in [3.05, 3.63) is 59.7 Å². The van der Waals surface area contributed by atoms with Gasteiger partial charge in [0.25, 0.3) is 0 Å². The van der Waals surface area contributed by atoms with Crippen LogP contribution in [0.4, 0.5) is 0 Å². The van der Waals surface area contributed by atoms with E-state index in [2.05, 4.69) is 24.4 Å². The van der Waals surface area contributed by atoms with Gasteiger partial charge in [-0.3, -0.25) is 0 Å². The van der Waals surface area contributed by atoms with Crippen LogP contribution in [0.25, 0.3) is 0 Å². The van der Waals surface area contributed by atoms with Gasteiger partial charge in [-0.05, 0) is 18.6 Å². The summed E-state index contributed by atoms with van der Waals surface area (Å²) >= 11 is 0. The van der Waals surface area contributed by atoms with E-state index >= 15 is 0 Å². The Morgan fingerprint density at radius 1 is 0.857 bits per heavy atom. The van der Waals surface area contributed by atoms with E-state index in [1.54, 1.807) is 7.11 Å². The van der Waals surface area contributed by atoms with Crippen LogP contribution in [0.2, 0.25) is 0 Å². The molecule has 0 aromatic heterocycles.